The fourth-order valence-electron chi connectivity index (χ4n) is 3.23. The minimum absolute atomic E-state index is 0.0289. The summed E-state index contributed by atoms with van der Waals surface area (Å²) in [5.74, 6) is 0. The van der Waals surface area contributed by atoms with Gasteiger partial charge in [0.05, 0.1) is 12.2 Å². The highest BCUT2D eigenvalue weighted by molar-refractivity contribution is 4.93. The van der Waals surface area contributed by atoms with Gasteiger partial charge in [-0.25, -0.2) is 0 Å². The first-order chi connectivity index (χ1) is 8.36. The first kappa shape index (κ1) is 11.9. The molecule has 0 bridgehead atoms. The van der Waals surface area contributed by atoms with Crippen LogP contribution in [0.3, 0.4) is 0 Å². The second kappa shape index (κ2) is 5.22. The summed E-state index contributed by atoms with van der Waals surface area (Å²) in [5, 5.41) is 3.79. The van der Waals surface area contributed by atoms with Crippen LogP contribution in [0.2, 0.25) is 0 Å². The van der Waals surface area contributed by atoms with Crippen LogP contribution >= 0.6 is 0 Å². The van der Waals surface area contributed by atoms with Crippen molar-refractivity contribution in [2.75, 3.05) is 33.0 Å². The van der Waals surface area contributed by atoms with Gasteiger partial charge in [-0.05, 0) is 25.7 Å². The van der Waals surface area contributed by atoms with Gasteiger partial charge < -0.3 is 19.5 Å². The molecule has 1 N–H and O–H groups in total. The van der Waals surface area contributed by atoms with Gasteiger partial charge in [-0.15, -0.1) is 0 Å². The molecule has 3 fully saturated rings. The molecule has 2 unspecified atom stereocenters. The van der Waals surface area contributed by atoms with Gasteiger partial charge in [0, 0.05) is 44.9 Å². The molecule has 2 atom stereocenters. The predicted molar refractivity (Wildman–Crippen MR) is 64.1 cm³/mol. The minimum Gasteiger partial charge on any atom is -0.381 e. The van der Waals surface area contributed by atoms with Crippen LogP contribution in [-0.4, -0.2) is 50.7 Å². The largest absolute Gasteiger partial charge is 0.381 e. The van der Waals surface area contributed by atoms with Crippen molar-refractivity contribution in [3.05, 3.63) is 0 Å². The Balaban J connectivity index is 1.52. The zero-order valence-electron chi connectivity index (χ0n) is 10.5. The molecule has 0 aliphatic carbocycles. The van der Waals surface area contributed by atoms with Crippen LogP contribution < -0.4 is 5.32 Å². The van der Waals surface area contributed by atoms with Crippen LogP contribution in [0.4, 0.5) is 0 Å². The second-order valence-corrected chi connectivity index (χ2v) is 5.58. The Labute approximate surface area is 103 Å². The average molecular weight is 241 g/mol. The molecule has 3 aliphatic heterocycles. The topological polar surface area (TPSA) is 39.7 Å². The summed E-state index contributed by atoms with van der Waals surface area (Å²) in [6, 6.07) is 1.25. The SMILES string of the molecule is C1CC(NC2CCOC3(CCOC3)C2)CCO1. The monoisotopic (exact) mass is 241 g/mol. The fourth-order valence-corrected chi connectivity index (χ4v) is 3.23. The van der Waals surface area contributed by atoms with E-state index in [1.165, 1.54) is 0 Å². The Morgan fingerprint density at radius 2 is 1.71 bits per heavy atom. The summed E-state index contributed by atoms with van der Waals surface area (Å²) in [6.07, 6.45) is 5.63. The molecule has 4 heteroatoms. The minimum atomic E-state index is 0.0289. The molecular weight excluding hydrogens is 218 g/mol. The molecule has 0 amide bonds. The van der Waals surface area contributed by atoms with Crippen molar-refractivity contribution in [3.8, 4) is 0 Å². The standard InChI is InChI=1S/C13H23NO3/c1-5-15-6-2-11(1)14-12-3-7-17-13(9-12)4-8-16-10-13/h11-12,14H,1-10H2. The van der Waals surface area contributed by atoms with Gasteiger partial charge in [0.25, 0.3) is 0 Å². The van der Waals surface area contributed by atoms with Crippen molar-refractivity contribution in [2.45, 2.75) is 49.8 Å². The van der Waals surface area contributed by atoms with E-state index in [9.17, 15) is 0 Å². The van der Waals surface area contributed by atoms with Crippen LogP contribution in [0.5, 0.6) is 0 Å². The van der Waals surface area contributed by atoms with Gasteiger partial charge in [-0.3, -0.25) is 0 Å². The van der Waals surface area contributed by atoms with E-state index in [0.717, 1.165) is 65.1 Å². The van der Waals surface area contributed by atoms with Gasteiger partial charge in [-0.2, -0.15) is 0 Å². The van der Waals surface area contributed by atoms with E-state index in [-0.39, 0.29) is 5.60 Å². The highest BCUT2D eigenvalue weighted by Crippen LogP contribution is 2.33. The van der Waals surface area contributed by atoms with Crippen LogP contribution in [-0.2, 0) is 14.2 Å². The van der Waals surface area contributed by atoms with Crippen molar-refractivity contribution in [1.29, 1.82) is 0 Å². The van der Waals surface area contributed by atoms with E-state index < -0.39 is 0 Å². The predicted octanol–water partition coefficient (Wildman–Crippen LogP) is 1.09. The van der Waals surface area contributed by atoms with Crippen LogP contribution in [0.1, 0.15) is 32.1 Å². The Bertz CT molecular complexity index is 247. The molecule has 0 aromatic carbocycles. The normalized spacial score (nSPS) is 39.9. The van der Waals surface area contributed by atoms with Gasteiger partial charge in [-0.1, -0.05) is 0 Å². The van der Waals surface area contributed by atoms with E-state index in [1.807, 2.05) is 0 Å². The van der Waals surface area contributed by atoms with E-state index in [1.54, 1.807) is 0 Å². The van der Waals surface area contributed by atoms with Gasteiger partial charge in [0.1, 0.15) is 0 Å². The molecule has 98 valence electrons. The number of hydrogen-bond acceptors (Lipinski definition) is 4. The lowest BCUT2D eigenvalue weighted by molar-refractivity contribution is -0.0914. The Morgan fingerprint density at radius 3 is 2.47 bits per heavy atom. The lowest BCUT2D eigenvalue weighted by Gasteiger charge is -2.39. The van der Waals surface area contributed by atoms with E-state index in [0.29, 0.717) is 12.1 Å². The van der Waals surface area contributed by atoms with E-state index in [4.69, 9.17) is 14.2 Å². The third-order valence-corrected chi connectivity index (χ3v) is 4.25. The zero-order valence-corrected chi connectivity index (χ0v) is 10.5. The average Bonchev–Trinajstić information content (AvgIpc) is 2.79. The number of hydrogen-bond donors (Lipinski definition) is 1. The van der Waals surface area contributed by atoms with Crippen molar-refractivity contribution in [3.63, 3.8) is 0 Å². The molecule has 0 aromatic rings. The molecule has 3 aliphatic rings. The maximum Gasteiger partial charge on any atom is 0.0951 e. The van der Waals surface area contributed by atoms with Crippen LogP contribution in [0.25, 0.3) is 0 Å². The Morgan fingerprint density at radius 1 is 0.882 bits per heavy atom. The summed E-state index contributed by atoms with van der Waals surface area (Å²) >= 11 is 0. The van der Waals surface area contributed by atoms with Crippen molar-refractivity contribution in [1.82, 2.24) is 5.32 Å². The number of nitrogens with one attached hydrogen (secondary N) is 1. The number of ether oxygens (including phenoxy) is 3. The maximum atomic E-state index is 5.96. The zero-order chi connectivity index (χ0) is 11.6. The summed E-state index contributed by atoms with van der Waals surface area (Å²) in [5.41, 5.74) is 0.0289. The molecule has 1 spiro atoms. The Hall–Kier alpha value is -0.160. The maximum absolute atomic E-state index is 5.96. The molecule has 0 saturated carbocycles. The van der Waals surface area contributed by atoms with Crippen LogP contribution in [0, 0.1) is 0 Å². The lowest BCUT2D eigenvalue weighted by atomic mass is 9.89. The summed E-state index contributed by atoms with van der Waals surface area (Å²) in [7, 11) is 0. The molecule has 17 heavy (non-hydrogen) atoms. The first-order valence-corrected chi connectivity index (χ1v) is 6.92. The van der Waals surface area contributed by atoms with Gasteiger partial charge in [0.15, 0.2) is 0 Å². The second-order valence-electron chi connectivity index (χ2n) is 5.58. The fraction of sp³-hybridized carbons (Fsp3) is 1.00. The van der Waals surface area contributed by atoms with Crippen LogP contribution in [0.15, 0.2) is 0 Å². The van der Waals surface area contributed by atoms with Crippen molar-refractivity contribution in [2.24, 2.45) is 0 Å². The highest BCUT2D eigenvalue weighted by Gasteiger charge is 2.41. The molecule has 3 rings (SSSR count). The lowest BCUT2D eigenvalue weighted by Crippen LogP contribution is -2.51. The van der Waals surface area contributed by atoms with Gasteiger partial charge >= 0.3 is 0 Å². The summed E-state index contributed by atoms with van der Waals surface area (Å²) in [4.78, 5) is 0. The van der Waals surface area contributed by atoms with E-state index in [2.05, 4.69) is 5.32 Å². The van der Waals surface area contributed by atoms with Crippen molar-refractivity contribution >= 4 is 0 Å². The molecule has 3 heterocycles. The van der Waals surface area contributed by atoms with Crippen molar-refractivity contribution < 1.29 is 14.2 Å². The number of rotatable bonds is 2. The molecule has 4 nitrogen and oxygen atoms in total. The van der Waals surface area contributed by atoms with E-state index >= 15 is 0 Å². The Kier molecular flexibility index (Phi) is 3.66. The first-order valence-electron chi connectivity index (χ1n) is 6.92. The smallest absolute Gasteiger partial charge is 0.0951 e. The molecule has 3 saturated heterocycles. The third kappa shape index (κ3) is 2.81. The molecular formula is C13H23NO3. The summed E-state index contributed by atoms with van der Waals surface area (Å²) in [6.45, 7) is 4.36. The molecule has 0 radical (unpaired) electrons. The highest BCUT2D eigenvalue weighted by atomic mass is 16.6. The molecule has 0 aromatic heterocycles. The quantitative estimate of drug-likeness (QED) is 0.785. The van der Waals surface area contributed by atoms with Gasteiger partial charge in [0.2, 0.25) is 0 Å². The third-order valence-electron chi connectivity index (χ3n) is 4.25. The summed E-state index contributed by atoms with van der Waals surface area (Å²) < 4.78 is 16.9.